The van der Waals surface area contributed by atoms with E-state index >= 15 is 0 Å². The Morgan fingerprint density at radius 2 is 1.52 bits per heavy atom. The number of unbranched alkanes of at least 4 members (excludes halogenated alkanes) is 1. The first-order valence-electron chi connectivity index (χ1n) is 12.5. The van der Waals surface area contributed by atoms with E-state index in [0.29, 0.717) is 5.92 Å². The Hall–Kier alpha value is -2.09. The maximum Gasteiger partial charge on any atom is 0.416 e. The fourth-order valence-corrected chi connectivity index (χ4v) is 5.71. The molecule has 0 aliphatic heterocycles. The minimum absolute atomic E-state index is 0.505. The van der Waals surface area contributed by atoms with Crippen molar-refractivity contribution in [2.75, 3.05) is 0 Å². The van der Waals surface area contributed by atoms with E-state index in [1.54, 1.807) is 18.2 Å². The van der Waals surface area contributed by atoms with E-state index in [2.05, 4.69) is 6.08 Å². The molecule has 0 atom stereocenters. The van der Waals surface area contributed by atoms with E-state index in [0.717, 1.165) is 55.4 Å². The van der Waals surface area contributed by atoms with Crippen LogP contribution >= 0.6 is 0 Å². The summed E-state index contributed by atoms with van der Waals surface area (Å²) in [5.41, 5.74) is 0.416. The van der Waals surface area contributed by atoms with Gasteiger partial charge in [0.05, 0.1) is 5.56 Å². The van der Waals surface area contributed by atoms with Crippen LogP contribution < -0.4 is 0 Å². The van der Waals surface area contributed by atoms with Crippen molar-refractivity contribution in [3.63, 3.8) is 0 Å². The molecule has 0 bridgehead atoms. The number of halogens is 4. The van der Waals surface area contributed by atoms with Crippen LogP contribution in [0.25, 0.3) is 0 Å². The summed E-state index contributed by atoms with van der Waals surface area (Å²) in [5, 5.41) is 8.45. The number of aryl methyl sites for hydroxylation is 1. The molecule has 2 aliphatic carbocycles. The van der Waals surface area contributed by atoms with Crippen LogP contribution in [0.5, 0.6) is 0 Å². The lowest BCUT2D eigenvalue weighted by Gasteiger charge is -2.37. The molecule has 2 saturated carbocycles. The first-order chi connectivity index (χ1) is 15.8. The summed E-state index contributed by atoms with van der Waals surface area (Å²) in [7, 11) is 0. The Morgan fingerprint density at radius 1 is 0.909 bits per heavy atom. The Labute approximate surface area is 195 Å². The van der Waals surface area contributed by atoms with Crippen LogP contribution in [0, 0.1) is 35.0 Å². The van der Waals surface area contributed by atoms with Crippen LogP contribution in [0.1, 0.15) is 81.8 Å². The molecule has 3 rings (SSSR count). The molecule has 2 fully saturated rings. The smallest absolute Gasteiger partial charge is 0.195 e. The zero-order valence-corrected chi connectivity index (χ0v) is 19.3. The fourth-order valence-electron chi connectivity index (χ4n) is 5.71. The predicted molar refractivity (Wildman–Crippen MR) is 124 cm³/mol. The lowest BCUT2D eigenvalue weighted by Crippen LogP contribution is -2.25. The maximum atomic E-state index is 12.9. The second-order valence-electron chi connectivity index (χ2n) is 9.91. The Morgan fingerprint density at radius 3 is 2.09 bits per heavy atom. The molecule has 180 valence electrons. The van der Waals surface area contributed by atoms with Crippen LogP contribution in [0.15, 0.2) is 48.3 Å². The Bertz CT molecular complexity index is 815. The third kappa shape index (κ3) is 8.32. The number of nitriles is 1. The van der Waals surface area contributed by atoms with Crippen molar-refractivity contribution in [3.8, 4) is 6.07 Å². The number of alkyl halides is 3. The van der Waals surface area contributed by atoms with E-state index in [-0.39, 0.29) is 0 Å². The summed E-state index contributed by atoms with van der Waals surface area (Å²) in [6.45, 7) is 0. The quantitative estimate of drug-likeness (QED) is 0.164. The van der Waals surface area contributed by atoms with Gasteiger partial charge in [0.15, 0.2) is 5.83 Å². The molecular formula is C28H35F4N. The van der Waals surface area contributed by atoms with Gasteiger partial charge in [-0.2, -0.15) is 22.8 Å². The second-order valence-corrected chi connectivity index (χ2v) is 9.91. The highest BCUT2D eigenvalue weighted by Crippen LogP contribution is 2.42. The van der Waals surface area contributed by atoms with Gasteiger partial charge in [-0.1, -0.05) is 50.0 Å². The molecule has 0 N–H and O–H groups in total. The van der Waals surface area contributed by atoms with Crippen molar-refractivity contribution in [1.82, 2.24) is 0 Å². The second kappa shape index (κ2) is 12.4. The first-order valence-corrected chi connectivity index (χ1v) is 12.5. The highest BCUT2D eigenvalue weighted by Gasteiger charge is 2.31. The van der Waals surface area contributed by atoms with Gasteiger partial charge in [0.25, 0.3) is 0 Å². The van der Waals surface area contributed by atoms with E-state index in [4.69, 9.17) is 5.26 Å². The normalized spacial score (nSPS) is 26.9. The third-order valence-electron chi connectivity index (χ3n) is 7.72. The monoisotopic (exact) mass is 461 g/mol. The summed E-state index contributed by atoms with van der Waals surface area (Å²) in [6, 6.07) is 7.09. The molecule has 0 radical (unpaired) electrons. The molecule has 5 heteroatoms. The lowest BCUT2D eigenvalue weighted by molar-refractivity contribution is -0.137. The van der Waals surface area contributed by atoms with Crippen molar-refractivity contribution in [1.29, 1.82) is 5.26 Å². The van der Waals surface area contributed by atoms with Gasteiger partial charge in [-0.15, -0.1) is 0 Å². The highest BCUT2D eigenvalue weighted by molar-refractivity contribution is 5.24. The molecule has 0 unspecified atom stereocenters. The third-order valence-corrected chi connectivity index (χ3v) is 7.72. The molecule has 0 aromatic heterocycles. The lowest BCUT2D eigenvalue weighted by atomic mass is 9.68. The largest absolute Gasteiger partial charge is 0.416 e. The van der Waals surface area contributed by atoms with Crippen molar-refractivity contribution >= 4 is 0 Å². The summed E-state index contributed by atoms with van der Waals surface area (Å²) in [5.74, 6) is 2.23. The van der Waals surface area contributed by atoms with Gasteiger partial charge in [-0.05, 0) is 98.8 Å². The summed E-state index contributed by atoms with van der Waals surface area (Å²) in [4.78, 5) is 0. The van der Waals surface area contributed by atoms with Crippen LogP contribution in [0.2, 0.25) is 0 Å². The molecule has 33 heavy (non-hydrogen) atoms. The Balaban J connectivity index is 1.29. The minimum atomic E-state index is -4.26. The van der Waals surface area contributed by atoms with E-state index in [1.165, 1.54) is 69.2 Å². The standard InChI is InChI=1S/C28H35F4N/c29-27(20-33)7-3-6-23-10-16-25(17-11-23)24-14-8-21(9-15-24)4-1-2-5-22-12-18-26(19-13-22)28(30,31)32/h3,6-7,12-13,18-19,21,23-25H,1-2,4-5,8-11,14-17H2/b6-3+,27-7-. The molecule has 1 aromatic rings. The number of hydrogen-bond acceptors (Lipinski definition) is 1. The van der Waals surface area contributed by atoms with Crippen molar-refractivity contribution < 1.29 is 17.6 Å². The number of hydrogen-bond donors (Lipinski definition) is 0. The summed E-state index contributed by atoms with van der Waals surface area (Å²) < 4.78 is 50.8. The number of benzene rings is 1. The van der Waals surface area contributed by atoms with Crippen LogP contribution in [0.3, 0.4) is 0 Å². The van der Waals surface area contributed by atoms with Crippen LogP contribution in [-0.2, 0) is 12.6 Å². The van der Waals surface area contributed by atoms with E-state index < -0.39 is 17.6 Å². The van der Waals surface area contributed by atoms with Crippen LogP contribution in [0.4, 0.5) is 17.6 Å². The zero-order valence-electron chi connectivity index (χ0n) is 19.3. The zero-order chi connectivity index (χ0) is 23.7. The average molecular weight is 462 g/mol. The molecular weight excluding hydrogens is 426 g/mol. The Kier molecular flexibility index (Phi) is 9.59. The van der Waals surface area contributed by atoms with Gasteiger partial charge in [0.1, 0.15) is 6.07 Å². The van der Waals surface area contributed by atoms with E-state index in [9.17, 15) is 17.6 Å². The van der Waals surface area contributed by atoms with Gasteiger partial charge in [-0.3, -0.25) is 0 Å². The van der Waals surface area contributed by atoms with Crippen molar-refractivity contribution in [2.24, 2.45) is 23.7 Å². The molecule has 1 aromatic carbocycles. The average Bonchev–Trinajstić information content (AvgIpc) is 2.82. The fraction of sp³-hybridized carbons (Fsp3) is 0.607. The maximum absolute atomic E-state index is 12.9. The summed E-state index contributed by atoms with van der Waals surface area (Å²) in [6.07, 6.45) is 15.1. The minimum Gasteiger partial charge on any atom is -0.195 e. The van der Waals surface area contributed by atoms with Gasteiger partial charge in [0, 0.05) is 0 Å². The van der Waals surface area contributed by atoms with Gasteiger partial charge in [0.2, 0.25) is 0 Å². The van der Waals surface area contributed by atoms with Crippen LogP contribution in [-0.4, -0.2) is 0 Å². The molecule has 0 amide bonds. The molecule has 0 saturated heterocycles. The molecule has 1 nitrogen and oxygen atoms in total. The highest BCUT2D eigenvalue weighted by atomic mass is 19.4. The number of allylic oxidation sites excluding steroid dienone is 4. The number of nitrogens with zero attached hydrogens (tertiary/aromatic N) is 1. The van der Waals surface area contributed by atoms with Gasteiger partial charge in [-0.25, -0.2) is 0 Å². The van der Waals surface area contributed by atoms with Gasteiger partial charge < -0.3 is 0 Å². The molecule has 0 heterocycles. The van der Waals surface area contributed by atoms with Crippen molar-refractivity contribution in [2.45, 2.75) is 83.2 Å². The molecule has 2 aliphatic rings. The van der Waals surface area contributed by atoms with Gasteiger partial charge >= 0.3 is 6.18 Å². The predicted octanol–water partition coefficient (Wildman–Crippen LogP) is 8.96. The topological polar surface area (TPSA) is 23.8 Å². The molecule has 0 spiro atoms. The van der Waals surface area contributed by atoms with Crippen molar-refractivity contribution in [3.05, 3.63) is 59.4 Å². The number of rotatable bonds is 8. The SMILES string of the molecule is N#C/C(F)=C/C=C/C1CCC(C2CCC(CCCCc3ccc(C(F)(F)F)cc3)CC2)CC1. The summed E-state index contributed by atoms with van der Waals surface area (Å²) >= 11 is 0. The first kappa shape index (κ1) is 25.5. The van der Waals surface area contributed by atoms with E-state index in [1.807, 2.05) is 0 Å².